The monoisotopic (exact) mass is 544 g/mol. The summed E-state index contributed by atoms with van der Waals surface area (Å²) in [4.78, 5) is 59.4. The Balaban J connectivity index is 1.85. The Morgan fingerprint density at radius 1 is 0.667 bits per heavy atom. The van der Waals surface area contributed by atoms with E-state index in [4.69, 9.17) is 33.2 Å². The predicted molar refractivity (Wildman–Crippen MR) is 130 cm³/mol. The molecule has 2 aromatic rings. The lowest BCUT2D eigenvalue weighted by Crippen LogP contribution is -2.63. The molecule has 0 saturated carbocycles. The summed E-state index contributed by atoms with van der Waals surface area (Å²) in [6, 6.07) is 14.3. The van der Waals surface area contributed by atoms with Gasteiger partial charge >= 0.3 is 29.8 Å². The molecule has 5 atom stereocenters. The first-order chi connectivity index (χ1) is 18.5. The van der Waals surface area contributed by atoms with E-state index in [9.17, 15) is 24.0 Å². The first-order valence-corrected chi connectivity index (χ1v) is 11.9. The molecule has 2 aromatic carbocycles. The quantitative estimate of drug-likeness (QED) is 0.259. The van der Waals surface area contributed by atoms with Gasteiger partial charge in [-0.25, -0.2) is 4.79 Å². The summed E-state index contributed by atoms with van der Waals surface area (Å²) in [6.07, 6.45) is -6.57. The van der Waals surface area contributed by atoms with Crippen LogP contribution in [0.15, 0.2) is 54.6 Å². The van der Waals surface area contributed by atoms with Crippen LogP contribution in [-0.4, -0.2) is 67.2 Å². The van der Waals surface area contributed by atoms with Crippen LogP contribution in [0.3, 0.4) is 0 Å². The third-order valence-corrected chi connectivity index (χ3v) is 5.24. The van der Waals surface area contributed by atoms with Crippen LogP contribution in [-0.2, 0) is 42.9 Å². The lowest BCUT2D eigenvalue weighted by atomic mass is 9.98. The molecule has 0 amide bonds. The average molecular weight is 545 g/mol. The first kappa shape index (κ1) is 29.1. The van der Waals surface area contributed by atoms with Gasteiger partial charge in [0.15, 0.2) is 12.2 Å². The van der Waals surface area contributed by atoms with Crippen LogP contribution in [0.4, 0.5) is 0 Å². The highest BCUT2D eigenvalue weighted by molar-refractivity contribution is 5.90. The summed E-state index contributed by atoms with van der Waals surface area (Å²) in [7, 11) is 0. The molecule has 12 heteroatoms. The van der Waals surface area contributed by atoms with Crippen LogP contribution >= 0.6 is 0 Å². The van der Waals surface area contributed by atoms with Crippen molar-refractivity contribution in [2.24, 2.45) is 0 Å². The van der Waals surface area contributed by atoms with Crippen molar-refractivity contribution in [1.82, 2.24) is 0 Å². The lowest BCUT2D eigenvalue weighted by molar-refractivity contribution is -0.288. The fourth-order valence-electron chi connectivity index (χ4n) is 3.74. The van der Waals surface area contributed by atoms with Gasteiger partial charge < -0.3 is 33.2 Å². The molecule has 0 radical (unpaired) electrons. The van der Waals surface area contributed by atoms with Gasteiger partial charge in [0, 0.05) is 27.7 Å². The molecule has 0 unspecified atom stereocenters. The fraction of sp³-hybridized carbons (Fsp3) is 0.370. The van der Waals surface area contributed by atoms with Gasteiger partial charge in [-0.2, -0.15) is 0 Å². The molecule has 12 nitrogen and oxygen atoms in total. The number of ether oxygens (including phenoxy) is 7. The second-order valence-electron chi connectivity index (χ2n) is 8.41. The Labute approximate surface area is 224 Å². The van der Waals surface area contributed by atoms with E-state index >= 15 is 0 Å². The maximum Gasteiger partial charge on any atom is 0.343 e. The molecule has 1 aliphatic heterocycles. The lowest BCUT2D eigenvalue weighted by Gasteiger charge is -2.43. The molecule has 3 rings (SSSR count). The molecular formula is C27H28O12. The zero-order chi connectivity index (χ0) is 28.5. The van der Waals surface area contributed by atoms with Crippen LogP contribution in [0.1, 0.15) is 38.1 Å². The van der Waals surface area contributed by atoms with Crippen LogP contribution < -0.4 is 9.47 Å². The number of rotatable bonds is 9. The molecule has 1 heterocycles. The predicted octanol–water partition coefficient (Wildman–Crippen LogP) is 2.37. The van der Waals surface area contributed by atoms with Gasteiger partial charge in [-0.15, -0.1) is 0 Å². The largest absolute Gasteiger partial charge is 0.463 e. The van der Waals surface area contributed by atoms with E-state index in [1.54, 1.807) is 30.3 Å². The molecule has 208 valence electrons. The standard InChI is InChI=1S/C27H28O12/c1-15(28)33-14-22-23(34-16(2)29)24(35-17(3)30)25(36-18(4)31)27(39-22)38-21-12-10-20(11-13-21)37-26(32)19-8-6-5-7-9-19/h5-13,22-25,27H,14H2,1-4H3/t22-,23-,24+,25-,27+/m1/s1. The molecule has 39 heavy (non-hydrogen) atoms. The van der Waals surface area contributed by atoms with Gasteiger partial charge in [0.2, 0.25) is 12.4 Å². The number of benzene rings is 2. The third-order valence-electron chi connectivity index (χ3n) is 5.24. The first-order valence-electron chi connectivity index (χ1n) is 11.9. The highest BCUT2D eigenvalue weighted by Gasteiger charge is 2.53. The maximum absolute atomic E-state index is 12.3. The van der Waals surface area contributed by atoms with Crippen LogP contribution in [0, 0.1) is 0 Å². The Morgan fingerprint density at radius 3 is 1.77 bits per heavy atom. The molecule has 1 fully saturated rings. The highest BCUT2D eigenvalue weighted by Crippen LogP contribution is 2.31. The number of esters is 5. The molecule has 0 N–H and O–H groups in total. The van der Waals surface area contributed by atoms with Gasteiger partial charge in [-0.05, 0) is 36.4 Å². The van der Waals surface area contributed by atoms with E-state index in [2.05, 4.69) is 0 Å². The normalized spacial score (nSPS) is 22.1. The Kier molecular flexibility index (Phi) is 9.98. The molecule has 1 saturated heterocycles. The van der Waals surface area contributed by atoms with E-state index in [1.165, 1.54) is 31.2 Å². The number of carbonyl (C=O) groups is 5. The molecule has 0 spiro atoms. The minimum absolute atomic E-state index is 0.204. The number of carbonyl (C=O) groups excluding carboxylic acids is 5. The number of hydrogen-bond acceptors (Lipinski definition) is 12. The van der Waals surface area contributed by atoms with Crippen molar-refractivity contribution in [3.8, 4) is 11.5 Å². The fourth-order valence-corrected chi connectivity index (χ4v) is 3.74. The smallest absolute Gasteiger partial charge is 0.343 e. The minimum atomic E-state index is -1.39. The summed E-state index contributed by atoms with van der Waals surface area (Å²) in [6.45, 7) is 4.17. The second kappa shape index (κ2) is 13.4. The van der Waals surface area contributed by atoms with Crippen molar-refractivity contribution >= 4 is 29.8 Å². The van der Waals surface area contributed by atoms with Gasteiger partial charge in [-0.3, -0.25) is 19.2 Å². The molecule has 1 aliphatic rings. The van der Waals surface area contributed by atoms with Crippen molar-refractivity contribution in [3.63, 3.8) is 0 Å². The van der Waals surface area contributed by atoms with Gasteiger partial charge in [0.25, 0.3) is 0 Å². The average Bonchev–Trinajstić information content (AvgIpc) is 2.87. The SMILES string of the molecule is CC(=O)OC[C@H]1O[C@H](Oc2ccc(OC(=O)c3ccccc3)cc2)[C@H](OC(C)=O)[C@@H](OC(C)=O)[C@@H]1OC(C)=O. The molecule has 0 aliphatic carbocycles. The van der Waals surface area contributed by atoms with Gasteiger partial charge in [0.1, 0.15) is 24.2 Å². The third kappa shape index (κ3) is 8.54. The topological polar surface area (TPSA) is 150 Å². The van der Waals surface area contributed by atoms with Gasteiger partial charge in [-0.1, -0.05) is 18.2 Å². The van der Waals surface area contributed by atoms with E-state index in [0.29, 0.717) is 5.56 Å². The van der Waals surface area contributed by atoms with Crippen LogP contribution in [0.25, 0.3) is 0 Å². The van der Waals surface area contributed by atoms with Crippen molar-refractivity contribution in [1.29, 1.82) is 0 Å². The molecule has 0 aromatic heterocycles. The Morgan fingerprint density at radius 2 is 1.21 bits per heavy atom. The summed E-state index contributed by atoms with van der Waals surface area (Å²) < 4.78 is 38.3. The zero-order valence-corrected chi connectivity index (χ0v) is 21.7. The second-order valence-corrected chi connectivity index (χ2v) is 8.41. The van der Waals surface area contributed by atoms with Gasteiger partial charge in [0.05, 0.1) is 5.56 Å². The van der Waals surface area contributed by atoms with Crippen molar-refractivity contribution in [2.45, 2.75) is 58.4 Å². The van der Waals surface area contributed by atoms with Crippen molar-refractivity contribution in [2.75, 3.05) is 6.61 Å². The molecular weight excluding hydrogens is 516 g/mol. The Bertz CT molecular complexity index is 1180. The van der Waals surface area contributed by atoms with Crippen LogP contribution in [0.2, 0.25) is 0 Å². The molecule has 0 bridgehead atoms. The number of hydrogen-bond donors (Lipinski definition) is 0. The van der Waals surface area contributed by atoms with E-state index in [0.717, 1.165) is 20.8 Å². The van der Waals surface area contributed by atoms with Crippen molar-refractivity contribution in [3.05, 3.63) is 60.2 Å². The van der Waals surface area contributed by atoms with E-state index in [-0.39, 0.29) is 18.1 Å². The summed E-state index contributed by atoms with van der Waals surface area (Å²) >= 11 is 0. The minimum Gasteiger partial charge on any atom is -0.463 e. The van der Waals surface area contributed by atoms with Crippen LogP contribution in [0.5, 0.6) is 11.5 Å². The van der Waals surface area contributed by atoms with E-state index < -0.39 is 60.6 Å². The zero-order valence-electron chi connectivity index (χ0n) is 21.7. The maximum atomic E-state index is 12.3. The van der Waals surface area contributed by atoms with Crippen molar-refractivity contribution < 1.29 is 57.1 Å². The highest BCUT2D eigenvalue weighted by atomic mass is 16.7. The summed E-state index contributed by atoms with van der Waals surface area (Å²) in [5.41, 5.74) is 0.371. The summed E-state index contributed by atoms with van der Waals surface area (Å²) in [5, 5.41) is 0. The summed E-state index contributed by atoms with van der Waals surface area (Å²) in [5.74, 6) is -3.00. The Hall–Kier alpha value is -4.45. The van der Waals surface area contributed by atoms with E-state index in [1.807, 2.05) is 0 Å².